The minimum Gasteiger partial charge on any atom is -0.399 e. The average molecular weight is 283 g/mol. The van der Waals surface area contributed by atoms with Gasteiger partial charge in [0.2, 0.25) is 5.91 Å². The zero-order valence-corrected chi connectivity index (χ0v) is 11.3. The molecule has 0 saturated carbocycles. The van der Waals surface area contributed by atoms with Gasteiger partial charge in [-0.15, -0.1) is 0 Å². The summed E-state index contributed by atoms with van der Waals surface area (Å²) in [6.07, 6.45) is 0.776. The maximum Gasteiger partial charge on any atom is 0.224 e. The van der Waals surface area contributed by atoms with Crippen LogP contribution in [-0.4, -0.2) is 5.91 Å². The number of para-hydroxylation sites is 1. The molecular weight excluding hydrogens is 269 g/mol. The van der Waals surface area contributed by atoms with Crippen molar-refractivity contribution < 1.29 is 9.18 Å². The van der Waals surface area contributed by atoms with Crippen LogP contribution >= 0.6 is 0 Å². The van der Waals surface area contributed by atoms with Crippen LogP contribution in [0.15, 0.2) is 42.5 Å². The quantitative estimate of drug-likeness (QED) is 0.847. The number of nitrogens with one attached hydrogen (secondary N) is 1. The van der Waals surface area contributed by atoms with E-state index in [0.717, 1.165) is 11.6 Å². The molecule has 0 unspecified atom stereocenters. The van der Waals surface area contributed by atoms with E-state index in [1.165, 1.54) is 12.1 Å². The van der Waals surface area contributed by atoms with Crippen LogP contribution in [0.2, 0.25) is 0 Å². The van der Waals surface area contributed by atoms with E-state index in [1.807, 2.05) is 18.2 Å². The zero-order valence-electron chi connectivity index (χ0n) is 11.3. The lowest BCUT2D eigenvalue weighted by molar-refractivity contribution is -0.116. The number of carbonyl (C=O) groups excluding carboxylic acids is 1. The number of hydrogen-bond acceptors (Lipinski definition) is 3. The first-order chi connectivity index (χ1) is 10.1. The Bertz CT molecular complexity index is 707. The Balaban J connectivity index is 1.96. The standard InChI is InChI=1S/C16H14FN3O/c17-14-7-6-13(9-12(14)10-18)20-16(21)8-5-11-3-1-2-4-15(11)19/h1-4,6-7,9H,5,8,19H2,(H,20,21). The topological polar surface area (TPSA) is 78.9 Å². The molecule has 0 spiro atoms. The molecule has 0 heterocycles. The fourth-order valence-corrected chi connectivity index (χ4v) is 1.92. The molecule has 0 aliphatic heterocycles. The molecule has 0 radical (unpaired) electrons. The van der Waals surface area contributed by atoms with E-state index >= 15 is 0 Å². The molecule has 3 N–H and O–H groups in total. The summed E-state index contributed by atoms with van der Waals surface area (Å²) in [7, 11) is 0. The Kier molecular flexibility index (Phi) is 4.52. The van der Waals surface area contributed by atoms with Gasteiger partial charge in [0.1, 0.15) is 11.9 Å². The van der Waals surface area contributed by atoms with Gasteiger partial charge >= 0.3 is 0 Å². The number of halogens is 1. The summed E-state index contributed by atoms with van der Waals surface area (Å²) in [6, 6.07) is 13.0. The van der Waals surface area contributed by atoms with Gasteiger partial charge in [-0.3, -0.25) is 4.79 Å². The lowest BCUT2D eigenvalue weighted by atomic mass is 10.1. The van der Waals surface area contributed by atoms with Gasteiger partial charge in [0.05, 0.1) is 5.56 Å². The van der Waals surface area contributed by atoms with Crippen molar-refractivity contribution in [3.63, 3.8) is 0 Å². The second-order valence-corrected chi connectivity index (χ2v) is 4.55. The van der Waals surface area contributed by atoms with Crippen LogP contribution in [0.3, 0.4) is 0 Å². The van der Waals surface area contributed by atoms with Crippen LogP contribution in [0, 0.1) is 17.1 Å². The summed E-state index contributed by atoms with van der Waals surface area (Å²) in [5.74, 6) is -0.818. The maximum absolute atomic E-state index is 13.2. The lowest BCUT2D eigenvalue weighted by Crippen LogP contribution is -2.13. The van der Waals surface area contributed by atoms with Gasteiger partial charge in [-0.25, -0.2) is 4.39 Å². The van der Waals surface area contributed by atoms with Gasteiger partial charge in [0.25, 0.3) is 0 Å². The minimum absolute atomic E-state index is 0.0971. The average Bonchev–Trinajstić information content (AvgIpc) is 2.48. The number of rotatable bonds is 4. The molecule has 4 nitrogen and oxygen atoms in total. The number of amides is 1. The second-order valence-electron chi connectivity index (χ2n) is 4.55. The number of benzene rings is 2. The molecule has 21 heavy (non-hydrogen) atoms. The molecular formula is C16H14FN3O. The normalized spacial score (nSPS) is 9.90. The van der Waals surface area contributed by atoms with Crippen molar-refractivity contribution in [3.8, 4) is 6.07 Å². The van der Waals surface area contributed by atoms with Gasteiger partial charge in [-0.2, -0.15) is 5.26 Å². The van der Waals surface area contributed by atoms with Gasteiger partial charge in [-0.1, -0.05) is 18.2 Å². The molecule has 0 atom stereocenters. The number of nitrogen functional groups attached to an aromatic ring is 1. The summed E-state index contributed by atoms with van der Waals surface area (Å²) in [6.45, 7) is 0. The number of hydrogen-bond donors (Lipinski definition) is 2. The molecule has 0 aromatic heterocycles. The van der Waals surface area contributed by atoms with Gasteiger partial charge in [0.15, 0.2) is 0 Å². The highest BCUT2D eigenvalue weighted by Gasteiger charge is 2.07. The van der Waals surface area contributed by atoms with Crippen molar-refractivity contribution in [1.29, 1.82) is 5.26 Å². The largest absolute Gasteiger partial charge is 0.399 e. The van der Waals surface area contributed by atoms with Crippen molar-refractivity contribution in [2.75, 3.05) is 11.1 Å². The smallest absolute Gasteiger partial charge is 0.224 e. The lowest BCUT2D eigenvalue weighted by Gasteiger charge is -2.07. The van der Waals surface area contributed by atoms with E-state index in [0.29, 0.717) is 17.8 Å². The Labute approximate surface area is 122 Å². The van der Waals surface area contributed by atoms with E-state index in [4.69, 9.17) is 11.0 Å². The van der Waals surface area contributed by atoms with Crippen LogP contribution in [0.1, 0.15) is 17.5 Å². The van der Waals surface area contributed by atoms with Crippen molar-refractivity contribution >= 4 is 17.3 Å². The number of nitriles is 1. The number of nitrogens with zero attached hydrogens (tertiary/aromatic N) is 1. The van der Waals surface area contributed by atoms with Crippen LogP contribution in [0.25, 0.3) is 0 Å². The predicted molar refractivity (Wildman–Crippen MR) is 78.9 cm³/mol. The third-order valence-corrected chi connectivity index (χ3v) is 3.05. The van der Waals surface area contributed by atoms with Crippen molar-refractivity contribution in [2.45, 2.75) is 12.8 Å². The summed E-state index contributed by atoms with van der Waals surface area (Å²) in [5.41, 5.74) is 7.67. The molecule has 0 aliphatic carbocycles. The van der Waals surface area contributed by atoms with E-state index in [9.17, 15) is 9.18 Å². The Morgan fingerprint density at radius 1 is 1.29 bits per heavy atom. The van der Waals surface area contributed by atoms with E-state index < -0.39 is 5.82 Å². The van der Waals surface area contributed by atoms with Gasteiger partial charge in [0, 0.05) is 17.8 Å². The van der Waals surface area contributed by atoms with Crippen molar-refractivity contribution in [1.82, 2.24) is 0 Å². The molecule has 2 aromatic carbocycles. The molecule has 0 saturated heterocycles. The molecule has 2 rings (SSSR count). The zero-order chi connectivity index (χ0) is 15.2. The van der Waals surface area contributed by atoms with Crippen molar-refractivity contribution in [2.24, 2.45) is 0 Å². The Hall–Kier alpha value is -2.87. The summed E-state index contributed by atoms with van der Waals surface area (Å²) < 4.78 is 13.2. The molecule has 0 aliphatic rings. The fraction of sp³-hybridized carbons (Fsp3) is 0.125. The number of nitrogens with two attached hydrogens (primary N) is 1. The Morgan fingerprint density at radius 3 is 2.76 bits per heavy atom. The first kappa shape index (κ1) is 14.5. The van der Waals surface area contributed by atoms with E-state index in [2.05, 4.69) is 5.32 Å². The molecule has 106 valence electrons. The molecule has 0 bridgehead atoms. The van der Waals surface area contributed by atoms with Crippen LogP contribution in [0.5, 0.6) is 0 Å². The highest BCUT2D eigenvalue weighted by Crippen LogP contribution is 2.16. The summed E-state index contributed by atoms with van der Waals surface area (Å²) >= 11 is 0. The number of anilines is 2. The molecule has 1 amide bonds. The van der Waals surface area contributed by atoms with E-state index in [-0.39, 0.29) is 17.9 Å². The van der Waals surface area contributed by atoms with Gasteiger partial charge in [-0.05, 0) is 36.2 Å². The second kappa shape index (κ2) is 6.53. The number of aryl methyl sites for hydroxylation is 1. The minimum atomic E-state index is -0.604. The fourth-order valence-electron chi connectivity index (χ4n) is 1.92. The first-order valence-electron chi connectivity index (χ1n) is 6.43. The monoisotopic (exact) mass is 283 g/mol. The third-order valence-electron chi connectivity index (χ3n) is 3.05. The summed E-state index contributed by atoms with van der Waals surface area (Å²) in [4.78, 5) is 11.9. The molecule has 2 aromatic rings. The maximum atomic E-state index is 13.2. The third kappa shape index (κ3) is 3.80. The predicted octanol–water partition coefficient (Wildman–Crippen LogP) is 2.85. The van der Waals surface area contributed by atoms with Crippen LogP contribution in [-0.2, 0) is 11.2 Å². The van der Waals surface area contributed by atoms with Crippen molar-refractivity contribution in [3.05, 3.63) is 59.4 Å². The van der Waals surface area contributed by atoms with Crippen LogP contribution in [0.4, 0.5) is 15.8 Å². The van der Waals surface area contributed by atoms with Crippen LogP contribution < -0.4 is 11.1 Å². The number of carbonyl (C=O) groups is 1. The van der Waals surface area contributed by atoms with E-state index in [1.54, 1.807) is 12.1 Å². The summed E-state index contributed by atoms with van der Waals surface area (Å²) in [5, 5.41) is 11.4. The SMILES string of the molecule is N#Cc1cc(NC(=O)CCc2ccccc2N)ccc1F. The molecule has 5 heteroatoms. The van der Waals surface area contributed by atoms with Gasteiger partial charge < -0.3 is 11.1 Å². The highest BCUT2D eigenvalue weighted by atomic mass is 19.1. The highest BCUT2D eigenvalue weighted by molar-refractivity contribution is 5.91. The molecule has 0 fully saturated rings. The Morgan fingerprint density at radius 2 is 2.05 bits per heavy atom. The first-order valence-corrected chi connectivity index (χ1v) is 6.43.